The summed E-state index contributed by atoms with van der Waals surface area (Å²) in [5.74, 6) is 2.69. The van der Waals surface area contributed by atoms with Crippen LogP contribution in [0.15, 0.2) is 18.2 Å². The Morgan fingerprint density at radius 2 is 2.11 bits per heavy atom. The predicted octanol–water partition coefficient (Wildman–Crippen LogP) is 2.91. The molecule has 0 saturated carbocycles. The molecule has 0 spiro atoms. The van der Waals surface area contributed by atoms with Crippen LogP contribution in [0.5, 0.6) is 0 Å². The molecule has 1 N–H and O–H groups in total. The number of alkyl carbamates (subject to hydrolysis) is 1. The Bertz CT molecular complexity index is 526. The summed E-state index contributed by atoms with van der Waals surface area (Å²) in [4.78, 5) is 11.0. The highest BCUT2D eigenvalue weighted by Crippen LogP contribution is 2.10. The van der Waals surface area contributed by atoms with E-state index in [2.05, 4.69) is 41.2 Å². The lowest BCUT2D eigenvalue weighted by atomic mass is 10.1. The molecule has 0 aliphatic heterocycles. The first-order valence-electron chi connectivity index (χ1n) is 5.95. The maximum atomic E-state index is 13.6. The molecular formula is C14H18FNO2Si. The lowest BCUT2D eigenvalue weighted by Crippen LogP contribution is -2.22. The summed E-state index contributed by atoms with van der Waals surface area (Å²) < 4.78 is 18.0. The summed E-state index contributed by atoms with van der Waals surface area (Å²) in [6.07, 6.45) is -0.585. The third-order valence-corrected chi connectivity index (χ3v) is 3.11. The van der Waals surface area contributed by atoms with Crippen molar-refractivity contribution in [3.05, 3.63) is 35.1 Å². The molecular weight excluding hydrogens is 261 g/mol. The normalized spacial score (nSPS) is 10.4. The molecule has 1 rings (SSSR count). The summed E-state index contributed by atoms with van der Waals surface area (Å²) in [7, 11) is -0.192. The van der Waals surface area contributed by atoms with Crippen LogP contribution in [0.25, 0.3) is 0 Å². The number of carbonyl (C=O) groups is 1. The van der Waals surface area contributed by atoms with Crippen molar-refractivity contribution >= 4 is 14.2 Å². The van der Waals surface area contributed by atoms with Gasteiger partial charge in [0.2, 0.25) is 0 Å². The molecule has 0 aromatic heterocycles. The SMILES string of the molecule is COC(=O)NCc1cc(C#C[Si](C)(C)C)ccc1F. The number of halogens is 1. The Kier molecular flexibility index (Phi) is 5.13. The number of ether oxygens (including phenoxy) is 1. The van der Waals surface area contributed by atoms with Gasteiger partial charge in [-0.05, 0) is 18.2 Å². The Morgan fingerprint density at radius 3 is 2.68 bits per heavy atom. The minimum Gasteiger partial charge on any atom is -0.453 e. The molecule has 0 unspecified atom stereocenters. The van der Waals surface area contributed by atoms with Crippen LogP contribution in [0.1, 0.15) is 11.1 Å². The number of benzene rings is 1. The van der Waals surface area contributed by atoms with Gasteiger partial charge in [0.25, 0.3) is 0 Å². The molecule has 0 radical (unpaired) electrons. The van der Waals surface area contributed by atoms with Crippen molar-refractivity contribution in [3.8, 4) is 11.5 Å². The predicted molar refractivity (Wildman–Crippen MR) is 75.9 cm³/mol. The molecule has 0 bridgehead atoms. The fourth-order valence-electron chi connectivity index (χ4n) is 1.29. The third kappa shape index (κ3) is 5.58. The maximum Gasteiger partial charge on any atom is 0.407 e. The van der Waals surface area contributed by atoms with E-state index >= 15 is 0 Å². The molecule has 1 aromatic carbocycles. The molecule has 5 heteroatoms. The van der Waals surface area contributed by atoms with E-state index in [0.29, 0.717) is 5.56 Å². The zero-order chi connectivity index (χ0) is 14.5. The topological polar surface area (TPSA) is 38.3 Å². The molecule has 1 aromatic rings. The van der Waals surface area contributed by atoms with Crippen LogP contribution in [0, 0.1) is 17.3 Å². The Hall–Kier alpha value is -1.80. The quantitative estimate of drug-likeness (QED) is 0.668. The van der Waals surface area contributed by atoms with Crippen molar-refractivity contribution in [2.45, 2.75) is 26.2 Å². The van der Waals surface area contributed by atoms with Gasteiger partial charge < -0.3 is 10.1 Å². The molecule has 0 aliphatic rings. The maximum absolute atomic E-state index is 13.6. The first kappa shape index (κ1) is 15.3. The smallest absolute Gasteiger partial charge is 0.407 e. The zero-order valence-corrected chi connectivity index (χ0v) is 12.6. The van der Waals surface area contributed by atoms with Crippen LogP contribution in [0.3, 0.4) is 0 Å². The van der Waals surface area contributed by atoms with E-state index < -0.39 is 14.2 Å². The van der Waals surface area contributed by atoms with Crippen molar-refractivity contribution in [3.63, 3.8) is 0 Å². The van der Waals surface area contributed by atoms with E-state index in [1.165, 1.54) is 13.2 Å². The van der Waals surface area contributed by atoms with Crippen LogP contribution in [-0.4, -0.2) is 21.3 Å². The summed E-state index contributed by atoms with van der Waals surface area (Å²) in [5, 5.41) is 2.45. The van der Waals surface area contributed by atoms with Crippen LogP contribution < -0.4 is 5.32 Å². The fraction of sp³-hybridized carbons (Fsp3) is 0.357. The van der Waals surface area contributed by atoms with Gasteiger partial charge in [0.1, 0.15) is 13.9 Å². The molecule has 0 atom stereocenters. The second-order valence-corrected chi connectivity index (χ2v) is 9.90. The number of methoxy groups -OCH3 is 1. The van der Waals surface area contributed by atoms with Gasteiger partial charge >= 0.3 is 6.09 Å². The molecule has 0 saturated heterocycles. The standard InChI is InChI=1S/C14H18FNO2Si/c1-18-14(17)16-10-12-9-11(5-6-13(12)15)7-8-19(2,3)4/h5-6,9H,10H2,1-4H3,(H,16,17). The molecule has 0 fully saturated rings. The average Bonchev–Trinajstić information content (AvgIpc) is 2.34. The van der Waals surface area contributed by atoms with Crippen molar-refractivity contribution in [2.75, 3.05) is 7.11 Å². The Balaban J connectivity index is 2.87. The largest absolute Gasteiger partial charge is 0.453 e. The molecule has 3 nitrogen and oxygen atoms in total. The number of hydrogen-bond donors (Lipinski definition) is 1. The van der Waals surface area contributed by atoms with Gasteiger partial charge in [-0.15, -0.1) is 5.54 Å². The van der Waals surface area contributed by atoms with E-state index in [1.54, 1.807) is 12.1 Å². The Morgan fingerprint density at radius 1 is 1.42 bits per heavy atom. The summed E-state index contributed by atoms with van der Waals surface area (Å²) >= 11 is 0. The first-order valence-corrected chi connectivity index (χ1v) is 9.45. The van der Waals surface area contributed by atoms with E-state index in [-0.39, 0.29) is 12.4 Å². The second kappa shape index (κ2) is 6.39. The zero-order valence-electron chi connectivity index (χ0n) is 11.6. The number of carbonyl (C=O) groups excluding carboxylic acids is 1. The summed E-state index contributed by atoms with van der Waals surface area (Å²) in [6, 6.07) is 4.66. The van der Waals surface area contributed by atoms with Gasteiger partial charge in [-0.2, -0.15) is 0 Å². The fourth-order valence-corrected chi connectivity index (χ4v) is 1.81. The number of amides is 1. The van der Waals surface area contributed by atoms with Crippen LogP contribution >= 0.6 is 0 Å². The second-order valence-electron chi connectivity index (χ2n) is 5.15. The number of hydrogen-bond acceptors (Lipinski definition) is 2. The minimum absolute atomic E-state index is 0.0843. The summed E-state index contributed by atoms with van der Waals surface area (Å²) in [5.41, 5.74) is 4.37. The third-order valence-electron chi connectivity index (χ3n) is 2.24. The minimum atomic E-state index is -1.46. The van der Waals surface area contributed by atoms with Crippen molar-refractivity contribution in [1.82, 2.24) is 5.32 Å². The molecule has 0 heterocycles. The van der Waals surface area contributed by atoms with E-state index in [0.717, 1.165) is 5.56 Å². The molecule has 1 amide bonds. The monoisotopic (exact) mass is 279 g/mol. The number of rotatable bonds is 2. The van der Waals surface area contributed by atoms with Crippen molar-refractivity contribution < 1.29 is 13.9 Å². The van der Waals surface area contributed by atoms with Crippen molar-refractivity contribution in [1.29, 1.82) is 0 Å². The highest BCUT2D eigenvalue weighted by atomic mass is 28.3. The molecule has 19 heavy (non-hydrogen) atoms. The molecule has 102 valence electrons. The lowest BCUT2D eigenvalue weighted by molar-refractivity contribution is 0.170. The molecule has 0 aliphatic carbocycles. The average molecular weight is 279 g/mol. The van der Waals surface area contributed by atoms with Crippen LogP contribution in [-0.2, 0) is 11.3 Å². The van der Waals surface area contributed by atoms with Gasteiger partial charge in [-0.25, -0.2) is 9.18 Å². The van der Waals surface area contributed by atoms with Gasteiger partial charge in [-0.1, -0.05) is 25.6 Å². The van der Waals surface area contributed by atoms with Gasteiger partial charge in [-0.3, -0.25) is 0 Å². The lowest BCUT2D eigenvalue weighted by Gasteiger charge is -2.06. The van der Waals surface area contributed by atoms with E-state index in [9.17, 15) is 9.18 Å². The highest BCUT2D eigenvalue weighted by molar-refractivity contribution is 6.83. The highest BCUT2D eigenvalue weighted by Gasteiger charge is 2.08. The van der Waals surface area contributed by atoms with Crippen molar-refractivity contribution in [2.24, 2.45) is 0 Å². The van der Waals surface area contributed by atoms with E-state index in [1.807, 2.05) is 0 Å². The number of nitrogens with one attached hydrogen (secondary N) is 1. The van der Waals surface area contributed by atoms with E-state index in [4.69, 9.17) is 0 Å². The van der Waals surface area contributed by atoms with Crippen LogP contribution in [0.4, 0.5) is 9.18 Å². The summed E-state index contributed by atoms with van der Waals surface area (Å²) in [6.45, 7) is 6.51. The first-order chi connectivity index (χ1) is 8.81. The van der Waals surface area contributed by atoms with Gasteiger partial charge in [0.15, 0.2) is 0 Å². The van der Waals surface area contributed by atoms with Crippen LogP contribution in [0.2, 0.25) is 19.6 Å². The van der Waals surface area contributed by atoms with Gasteiger partial charge in [0, 0.05) is 17.7 Å². The Labute approximate surface area is 114 Å². The van der Waals surface area contributed by atoms with Gasteiger partial charge in [0.05, 0.1) is 7.11 Å².